The van der Waals surface area contributed by atoms with E-state index in [0.29, 0.717) is 0 Å². The normalized spacial score (nSPS) is 22.8. The molecule has 0 spiro atoms. The third-order valence-corrected chi connectivity index (χ3v) is 4.63. The Morgan fingerprint density at radius 3 is 1.95 bits per heavy atom. The van der Waals surface area contributed by atoms with Crippen LogP contribution in [0.2, 0.25) is 0 Å². The summed E-state index contributed by atoms with van der Waals surface area (Å²) in [4.78, 5) is 18.9. The number of amides is 1. The predicted molar refractivity (Wildman–Crippen MR) is 89.1 cm³/mol. The Labute approximate surface area is 135 Å². The summed E-state index contributed by atoms with van der Waals surface area (Å²) in [6.07, 6.45) is 2.51. The van der Waals surface area contributed by atoms with E-state index >= 15 is 0 Å². The summed E-state index contributed by atoms with van der Waals surface area (Å²) in [5.41, 5.74) is -0.403. The van der Waals surface area contributed by atoms with Crippen molar-refractivity contribution in [3.63, 3.8) is 0 Å². The van der Waals surface area contributed by atoms with Gasteiger partial charge < -0.3 is 14.5 Å². The van der Waals surface area contributed by atoms with Crippen LogP contribution in [0.25, 0.3) is 0 Å². The minimum absolute atomic E-state index is 0.169. The lowest BCUT2D eigenvalue weighted by atomic mass is 9.99. The van der Waals surface area contributed by atoms with Crippen LogP contribution in [-0.2, 0) is 4.74 Å². The van der Waals surface area contributed by atoms with Gasteiger partial charge in [0.1, 0.15) is 5.60 Å². The molecule has 0 aromatic heterocycles. The summed E-state index contributed by atoms with van der Waals surface area (Å²) in [6, 6.07) is 0. The molecule has 5 nitrogen and oxygen atoms in total. The Morgan fingerprint density at radius 1 is 0.955 bits per heavy atom. The van der Waals surface area contributed by atoms with Crippen LogP contribution in [-0.4, -0.2) is 78.8 Å². The number of hydrogen-bond donors (Lipinski definition) is 0. The third-order valence-electron chi connectivity index (χ3n) is 4.63. The molecule has 0 radical (unpaired) electrons. The number of nitrogens with zero attached hydrogens (tertiary/aromatic N) is 3. The first kappa shape index (κ1) is 17.5. The van der Waals surface area contributed by atoms with E-state index in [1.807, 2.05) is 25.7 Å². The van der Waals surface area contributed by atoms with Gasteiger partial charge in [0.05, 0.1) is 0 Å². The molecule has 0 N–H and O–H groups in total. The van der Waals surface area contributed by atoms with Crippen LogP contribution >= 0.6 is 0 Å². The number of hydrogen-bond acceptors (Lipinski definition) is 4. The molecular weight excluding hydrogens is 278 g/mol. The molecule has 2 aliphatic rings. The minimum Gasteiger partial charge on any atom is -0.444 e. The molecule has 2 heterocycles. The second-order valence-corrected chi connectivity index (χ2v) is 7.83. The number of carbonyl (C=O) groups is 1. The van der Waals surface area contributed by atoms with Crippen molar-refractivity contribution in [3.8, 4) is 0 Å². The molecule has 22 heavy (non-hydrogen) atoms. The Kier molecular flexibility index (Phi) is 6.09. The number of carbonyl (C=O) groups excluding carboxylic acids is 1. The zero-order valence-electron chi connectivity index (χ0n) is 14.8. The number of piperidine rings is 1. The summed E-state index contributed by atoms with van der Waals surface area (Å²) in [5, 5.41) is 0. The first-order valence-corrected chi connectivity index (χ1v) is 8.76. The standard InChI is InChI=1S/C17H33N3O2/c1-15-5-7-18(8-6-15)9-10-19-11-13-20(14-12-19)16(21)22-17(2,3)4/h15H,5-14H2,1-4H3. The van der Waals surface area contributed by atoms with Crippen LogP contribution < -0.4 is 0 Å². The maximum atomic E-state index is 12.0. The topological polar surface area (TPSA) is 36.0 Å². The summed E-state index contributed by atoms with van der Waals surface area (Å²) in [6.45, 7) is 16.4. The largest absolute Gasteiger partial charge is 0.444 e. The molecule has 0 aromatic rings. The van der Waals surface area contributed by atoms with Crippen molar-refractivity contribution in [2.75, 3.05) is 52.4 Å². The average molecular weight is 311 g/mol. The van der Waals surface area contributed by atoms with Crippen molar-refractivity contribution < 1.29 is 9.53 Å². The number of rotatable bonds is 3. The molecule has 0 atom stereocenters. The van der Waals surface area contributed by atoms with Crippen LogP contribution in [0.5, 0.6) is 0 Å². The molecular formula is C17H33N3O2. The molecule has 1 amide bonds. The molecule has 0 saturated carbocycles. The quantitative estimate of drug-likeness (QED) is 0.801. The fraction of sp³-hybridized carbons (Fsp3) is 0.941. The third kappa shape index (κ3) is 5.76. The van der Waals surface area contributed by atoms with Gasteiger partial charge in [-0.3, -0.25) is 4.90 Å². The SMILES string of the molecule is CC1CCN(CCN2CCN(C(=O)OC(C)(C)C)CC2)CC1. The maximum Gasteiger partial charge on any atom is 0.410 e. The van der Waals surface area contributed by atoms with Crippen LogP contribution in [0.3, 0.4) is 0 Å². The fourth-order valence-corrected chi connectivity index (χ4v) is 3.05. The van der Waals surface area contributed by atoms with E-state index in [9.17, 15) is 4.79 Å². The van der Waals surface area contributed by atoms with Gasteiger partial charge in [-0.25, -0.2) is 4.79 Å². The van der Waals surface area contributed by atoms with Gasteiger partial charge in [0.25, 0.3) is 0 Å². The molecule has 2 fully saturated rings. The smallest absolute Gasteiger partial charge is 0.410 e. The molecule has 5 heteroatoms. The molecule has 0 bridgehead atoms. The van der Waals surface area contributed by atoms with Crippen LogP contribution in [0.15, 0.2) is 0 Å². The second-order valence-electron chi connectivity index (χ2n) is 7.83. The first-order valence-electron chi connectivity index (χ1n) is 8.76. The predicted octanol–water partition coefficient (Wildman–Crippen LogP) is 2.27. The zero-order chi connectivity index (χ0) is 16.2. The van der Waals surface area contributed by atoms with Crippen molar-refractivity contribution in [3.05, 3.63) is 0 Å². The average Bonchev–Trinajstić information content (AvgIpc) is 2.45. The van der Waals surface area contributed by atoms with Crippen molar-refractivity contribution in [2.45, 2.75) is 46.1 Å². The lowest BCUT2D eigenvalue weighted by molar-refractivity contribution is 0.0136. The van der Waals surface area contributed by atoms with Crippen LogP contribution in [0.1, 0.15) is 40.5 Å². The second kappa shape index (κ2) is 7.64. The van der Waals surface area contributed by atoms with Gasteiger partial charge in [0.15, 0.2) is 0 Å². The number of ether oxygens (including phenoxy) is 1. The number of likely N-dealkylation sites (tertiary alicyclic amines) is 1. The summed E-state index contributed by atoms with van der Waals surface area (Å²) in [7, 11) is 0. The lowest BCUT2D eigenvalue weighted by Crippen LogP contribution is -2.51. The fourth-order valence-electron chi connectivity index (χ4n) is 3.05. The van der Waals surface area contributed by atoms with Crippen molar-refractivity contribution in [1.29, 1.82) is 0 Å². The van der Waals surface area contributed by atoms with Gasteiger partial charge in [-0.2, -0.15) is 0 Å². The van der Waals surface area contributed by atoms with Gasteiger partial charge >= 0.3 is 6.09 Å². The summed E-state index contributed by atoms with van der Waals surface area (Å²) < 4.78 is 5.44. The van der Waals surface area contributed by atoms with Crippen molar-refractivity contribution in [2.24, 2.45) is 5.92 Å². The highest BCUT2D eigenvalue weighted by atomic mass is 16.6. The Hall–Kier alpha value is -0.810. The highest BCUT2D eigenvalue weighted by molar-refractivity contribution is 5.68. The van der Waals surface area contributed by atoms with Crippen LogP contribution in [0, 0.1) is 5.92 Å². The van der Waals surface area contributed by atoms with E-state index in [4.69, 9.17) is 4.74 Å². The Morgan fingerprint density at radius 2 is 1.45 bits per heavy atom. The Bertz CT molecular complexity index is 351. The first-order chi connectivity index (χ1) is 10.3. The van der Waals surface area contributed by atoms with Crippen molar-refractivity contribution in [1.82, 2.24) is 14.7 Å². The van der Waals surface area contributed by atoms with E-state index in [1.54, 1.807) is 0 Å². The highest BCUT2D eigenvalue weighted by Gasteiger charge is 2.26. The Balaban J connectivity index is 1.64. The molecule has 0 aliphatic carbocycles. The molecule has 2 rings (SSSR count). The molecule has 2 aliphatic heterocycles. The lowest BCUT2D eigenvalue weighted by Gasteiger charge is -2.37. The monoisotopic (exact) mass is 311 g/mol. The van der Waals surface area contributed by atoms with Gasteiger partial charge in [-0.1, -0.05) is 6.92 Å². The molecule has 0 aromatic carbocycles. The summed E-state index contributed by atoms with van der Waals surface area (Å²) >= 11 is 0. The van der Waals surface area contributed by atoms with Crippen LogP contribution in [0.4, 0.5) is 4.79 Å². The van der Waals surface area contributed by atoms with E-state index in [2.05, 4.69) is 16.7 Å². The maximum absolute atomic E-state index is 12.0. The molecule has 0 unspecified atom stereocenters. The highest BCUT2D eigenvalue weighted by Crippen LogP contribution is 2.16. The van der Waals surface area contributed by atoms with Gasteiger partial charge in [0, 0.05) is 39.3 Å². The van der Waals surface area contributed by atoms with E-state index in [0.717, 1.165) is 38.6 Å². The van der Waals surface area contributed by atoms with E-state index < -0.39 is 5.60 Å². The van der Waals surface area contributed by atoms with Crippen molar-refractivity contribution >= 4 is 6.09 Å². The molecule has 2 saturated heterocycles. The number of piperazine rings is 1. The van der Waals surface area contributed by atoms with E-state index in [-0.39, 0.29) is 6.09 Å². The summed E-state index contributed by atoms with van der Waals surface area (Å²) in [5.74, 6) is 0.897. The van der Waals surface area contributed by atoms with Gasteiger partial charge in [-0.05, 0) is 52.6 Å². The minimum atomic E-state index is -0.403. The molecule has 128 valence electrons. The zero-order valence-corrected chi connectivity index (χ0v) is 14.8. The van der Waals surface area contributed by atoms with Gasteiger partial charge in [-0.15, -0.1) is 0 Å². The van der Waals surface area contributed by atoms with Gasteiger partial charge in [0.2, 0.25) is 0 Å². The van der Waals surface area contributed by atoms with E-state index in [1.165, 1.54) is 32.5 Å².